The number of guanidine groups is 1. The molecule has 0 spiro atoms. The van der Waals surface area contributed by atoms with Gasteiger partial charge in [0.05, 0.1) is 18.8 Å². The van der Waals surface area contributed by atoms with Crippen LogP contribution in [0.25, 0.3) is 0 Å². The lowest BCUT2D eigenvalue weighted by Gasteiger charge is -2.10. The molecule has 1 aromatic heterocycles. The Morgan fingerprint density at radius 1 is 1.27 bits per heavy atom. The van der Waals surface area contributed by atoms with Crippen LogP contribution >= 0.6 is 24.0 Å². The first-order valence-electron chi connectivity index (χ1n) is 8.87. The highest BCUT2D eigenvalue weighted by Crippen LogP contribution is 2.22. The molecule has 0 fully saturated rings. The van der Waals surface area contributed by atoms with Crippen LogP contribution in [0, 0.1) is 0 Å². The first-order valence-corrected chi connectivity index (χ1v) is 8.87. The van der Waals surface area contributed by atoms with Crippen molar-refractivity contribution in [2.75, 3.05) is 33.4 Å². The maximum atomic E-state index is 11.7. The van der Waals surface area contributed by atoms with Gasteiger partial charge in [0, 0.05) is 32.2 Å². The summed E-state index contributed by atoms with van der Waals surface area (Å²) in [5.74, 6) is 1.59. The van der Waals surface area contributed by atoms with Crippen LogP contribution < -0.4 is 16.0 Å². The lowest BCUT2D eigenvalue weighted by molar-refractivity contribution is -0.119. The van der Waals surface area contributed by atoms with E-state index in [1.54, 1.807) is 7.11 Å². The van der Waals surface area contributed by atoms with Gasteiger partial charge in [-0.25, -0.2) is 4.99 Å². The maximum Gasteiger partial charge on any atom is 0.241 e. The molecule has 0 saturated carbocycles. The highest BCUT2D eigenvalue weighted by Gasteiger charge is 2.13. The molecule has 0 bridgehead atoms. The molecule has 1 rings (SSSR count). The van der Waals surface area contributed by atoms with Crippen molar-refractivity contribution in [3.8, 4) is 0 Å². The molecule has 0 aliphatic carbocycles. The van der Waals surface area contributed by atoms with Crippen LogP contribution in [0.5, 0.6) is 0 Å². The van der Waals surface area contributed by atoms with Gasteiger partial charge in [0.25, 0.3) is 0 Å². The summed E-state index contributed by atoms with van der Waals surface area (Å²) < 4.78 is 10.3. The van der Waals surface area contributed by atoms with E-state index >= 15 is 0 Å². The van der Waals surface area contributed by atoms with Crippen LogP contribution in [0.15, 0.2) is 15.6 Å². The van der Waals surface area contributed by atoms with E-state index in [9.17, 15) is 4.79 Å². The van der Waals surface area contributed by atoms with Crippen LogP contribution in [0.2, 0.25) is 0 Å². The predicted octanol–water partition coefficient (Wildman–Crippen LogP) is 2.01. The molecule has 0 aliphatic rings. The van der Waals surface area contributed by atoms with E-state index in [4.69, 9.17) is 9.26 Å². The number of amides is 1. The molecule has 1 amide bonds. The SMILES string of the molecule is CCNC(=NCC(=O)NCCOC)NCc1cc(C(CC)CC)no1.I. The third kappa shape index (κ3) is 9.37. The third-order valence-electron chi connectivity index (χ3n) is 3.76. The maximum absolute atomic E-state index is 11.7. The Labute approximate surface area is 172 Å². The number of halogens is 1. The number of rotatable bonds is 11. The fourth-order valence-electron chi connectivity index (χ4n) is 2.32. The van der Waals surface area contributed by atoms with Gasteiger partial charge in [0.1, 0.15) is 6.54 Å². The Kier molecular flexibility index (Phi) is 14.0. The first kappa shape index (κ1) is 24.6. The Morgan fingerprint density at radius 2 is 2.00 bits per heavy atom. The number of aromatic nitrogens is 1. The number of aliphatic imine (C=N–C) groups is 1. The number of carbonyl (C=O) groups excluding carboxylic acids is 1. The van der Waals surface area contributed by atoms with Gasteiger partial charge < -0.3 is 25.2 Å². The monoisotopic (exact) mass is 481 g/mol. The van der Waals surface area contributed by atoms with Crippen molar-refractivity contribution in [3.05, 3.63) is 17.5 Å². The number of carbonyl (C=O) groups is 1. The van der Waals surface area contributed by atoms with E-state index in [0.717, 1.165) is 24.3 Å². The number of nitrogens with one attached hydrogen (secondary N) is 3. The predicted molar refractivity (Wildman–Crippen MR) is 113 cm³/mol. The summed E-state index contributed by atoms with van der Waals surface area (Å²) in [4.78, 5) is 15.9. The molecule has 0 atom stereocenters. The summed E-state index contributed by atoms with van der Waals surface area (Å²) in [6.07, 6.45) is 2.08. The number of hydrogen-bond acceptors (Lipinski definition) is 5. The van der Waals surface area contributed by atoms with Gasteiger partial charge in [-0.1, -0.05) is 19.0 Å². The number of ether oxygens (including phenoxy) is 1. The topological polar surface area (TPSA) is 101 Å². The van der Waals surface area contributed by atoms with Crippen molar-refractivity contribution in [2.24, 2.45) is 4.99 Å². The molecule has 9 heteroatoms. The van der Waals surface area contributed by atoms with Crippen LogP contribution in [-0.2, 0) is 16.1 Å². The van der Waals surface area contributed by atoms with E-state index in [-0.39, 0.29) is 36.4 Å². The molecule has 150 valence electrons. The summed E-state index contributed by atoms with van der Waals surface area (Å²) in [7, 11) is 1.59. The van der Waals surface area contributed by atoms with Gasteiger partial charge in [-0.15, -0.1) is 24.0 Å². The van der Waals surface area contributed by atoms with E-state index in [0.29, 0.717) is 38.1 Å². The van der Waals surface area contributed by atoms with Crippen molar-refractivity contribution in [1.29, 1.82) is 0 Å². The molecule has 1 heterocycles. The van der Waals surface area contributed by atoms with E-state index in [1.165, 1.54) is 0 Å². The highest BCUT2D eigenvalue weighted by atomic mass is 127. The second kappa shape index (κ2) is 14.8. The Balaban J connectivity index is 0.00000625. The largest absolute Gasteiger partial charge is 0.383 e. The zero-order chi connectivity index (χ0) is 18.5. The van der Waals surface area contributed by atoms with E-state index < -0.39 is 0 Å². The minimum atomic E-state index is -0.148. The molecule has 0 saturated heterocycles. The van der Waals surface area contributed by atoms with Crippen LogP contribution in [0.1, 0.15) is 51.0 Å². The molecule has 3 N–H and O–H groups in total. The third-order valence-corrected chi connectivity index (χ3v) is 3.76. The number of hydrogen-bond donors (Lipinski definition) is 3. The van der Waals surface area contributed by atoms with Crippen LogP contribution in [0.4, 0.5) is 0 Å². The summed E-state index contributed by atoms with van der Waals surface area (Å²) in [5.41, 5.74) is 0.987. The molecule has 0 unspecified atom stereocenters. The van der Waals surface area contributed by atoms with Crippen LogP contribution in [0.3, 0.4) is 0 Å². The molecular weight excluding hydrogens is 449 g/mol. The average Bonchev–Trinajstić information content (AvgIpc) is 3.07. The first-order chi connectivity index (χ1) is 12.1. The zero-order valence-electron chi connectivity index (χ0n) is 16.1. The normalized spacial score (nSPS) is 11.2. The number of nitrogens with zero attached hydrogens (tertiary/aromatic N) is 2. The smallest absolute Gasteiger partial charge is 0.241 e. The number of methoxy groups -OCH3 is 1. The van der Waals surface area contributed by atoms with Crippen molar-refractivity contribution in [2.45, 2.75) is 46.1 Å². The highest BCUT2D eigenvalue weighted by molar-refractivity contribution is 14.0. The molecule has 0 radical (unpaired) electrons. The van der Waals surface area contributed by atoms with E-state index in [2.05, 4.69) is 39.9 Å². The van der Waals surface area contributed by atoms with Crippen molar-refractivity contribution < 1.29 is 14.1 Å². The van der Waals surface area contributed by atoms with Gasteiger partial charge in [-0.05, 0) is 19.8 Å². The van der Waals surface area contributed by atoms with Crippen molar-refractivity contribution in [1.82, 2.24) is 21.1 Å². The summed E-state index contributed by atoms with van der Waals surface area (Å²) >= 11 is 0. The van der Waals surface area contributed by atoms with Gasteiger partial charge in [0.15, 0.2) is 11.7 Å². The summed E-state index contributed by atoms with van der Waals surface area (Å²) in [5, 5.41) is 13.1. The van der Waals surface area contributed by atoms with Crippen LogP contribution in [-0.4, -0.2) is 50.4 Å². The van der Waals surface area contributed by atoms with Gasteiger partial charge in [-0.3, -0.25) is 4.79 Å². The fraction of sp³-hybridized carbons (Fsp3) is 0.706. The molecule has 0 aromatic carbocycles. The minimum Gasteiger partial charge on any atom is -0.383 e. The Morgan fingerprint density at radius 3 is 2.62 bits per heavy atom. The van der Waals surface area contributed by atoms with Gasteiger partial charge >= 0.3 is 0 Å². The quantitative estimate of drug-likeness (QED) is 0.194. The Bertz CT molecular complexity index is 532. The molecular formula is C17H32IN5O3. The Hall–Kier alpha value is -1.36. The lowest BCUT2D eigenvalue weighted by atomic mass is 9.99. The standard InChI is InChI=1S/C17H31N5O3.HI/c1-5-13(6-2)15-10-14(25-22-15)11-20-17(18-7-3)21-12-16(23)19-8-9-24-4;/h10,13H,5-9,11-12H2,1-4H3,(H,19,23)(H2,18,20,21);1H. The van der Waals surface area contributed by atoms with Gasteiger partial charge in [-0.2, -0.15) is 0 Å². The average molecular weight is 481 g/mol. The second-order valence-electron chi connectivity index (χ2n) is 5.62. The van der Waals surface area contributed by atoms with Gasteiger partial charge in [0.2, 0.25) is 5.91 Å². The molecule has 1 aromatic rings. The fourth-order valence-corrected chi connectivity index (χ4v) is 2.32. The van der Waals surface area contributed by atoms with Crippen molar-refractivity contribution >= 4 is 35.8 Å². The lowest BCUT2D eigenvalue weighted by Crippen LogP contribution is -2.38. The van der Waals surface area contributed by atoms with E-state index in [1.807, 2.05) is 13.0 Å². The molecule has 26 heavy (non-hydrogen) atoms. The summed E-state index contributed by atoms with van der Waals surface area (Å²) in [6.45, 7) is 8.44. The zero-order valence-corrected chi connectivity index (χ0v) is 18.5. The summed E-state index contributed by atoms with van der Waals surface area (Å²) in [6, 6.07) is 1.98. The molecule has 8 nitrogen and oxygen atoms in total. The second-order valence-corrected chi connectivity index (χ2v) is 5.62. The molecule has 0 aliphatic heterocycles. The minimum absolute atomic E-state index is 0. The van der Waals surface area contributed by atoms with Crippen molar-refractivity contribution in [3.63, 3.8) is 0 Å².